The molecule has 1 aliphatic heterocycles. The number of piperidine rings is 1. The van der Waals surface area contributed by atoms with Crippen molar-refractivity contribution in [2.75, 3.05) is 19.7 Å². The van der Waals surface area contributed by atoms with Crippen LogP contribution in [-0.4, -0.2) is 39.8 Å². The molecule has 1 fully saturated rings. The summed E-state index contributed by atoms with van der Waals surface area (Å²) in [6, 6.07) is 7.68. The SMILES string of the molecule is OCCC1CCN(Cc2ccc(O)c3ncccc23)CC1. The van der Waals surface area contributed by atoms with Crippen molar-refractivity contribution in [2.45, 2.75) is 25.8 Å². The molecule has 0 amide bonds. The Hall–Kier alpha value is -1.65. The van der Waals surface area contributed by atoms with E-state index in [0.717, 1.165) is 44.3 Å². The Balaban J connectivity index is 1.73. The number of pyridine rings is 1. The van der Waals surface area contributed by atoms with Crippen LogP contribution in [0.3, 0.4) is 0 Å². The van der Waals surface area contributed by atoms with Crippen LogP contribution in [0.1, 0.15) is 24.8 Å². The number of aliphatic hydroxyl groups is 1. The van der Waals surface area contributed by atoms with E-state index in [1.165, 1.54) is 5.56 Å². The van der Waals surface area contributed by atoms with Gasteiger partial charge in [-0.2, -0.15) is 0 Å². The van der Waals surface area contributed by atoms with Crippen molar-refractivity contribution in [1.29, 1.82) is 0 Å². The Kier molecular flexibility index (Phi) is 4.36. The van der Waals surface area contributed by atoms with Gasteiger partial charge in [0.2, 0.25) is 0 Å². The summed E-state index contributed by atoms with van der Waals surface area (Å²) in [7, 11) is 0. The number of nitrogens with zero attached hydrogens (tertiary/aromatic N) is 2. The van der Waals surface area contributed by atoms with Crippen molar-refractivity contribution in [3.8, 4) is 5.75 Å². The number of aromatic hydroxyl groups is 1. The molecule has 0 saturated carbocycles. The summed E-state index contributed by atoms with van der Waals surface area (Å²) >= 11 is 0. The van der Waals surface area contributed by atoms with Gasteiger partial charge in [-0.05, 0) is 56.0 Å². The van der Waals surface area contributed by atoms with Crippen LogP contribution in [0.2, 0.25) is 0 Å². The molecule has 1 aromatic heterocycles. The summed E-state index contributed by atoms with van der Waals surface area (Å²) in [4.78, 5) is 6.73. The quantitative estimate of drug-likeness (QED) is 0.907. The van der Waals surface area contributed by atoms with E-state index >= 15 is 0 Å². The Morgan fingerprint density at radius 1 is 1.19 bits per heavy atom. The molecule has 112 valence electrons. The zero-order valence-corrected chi connectivity index (χ0v) is 12.2. The van der Waals surface area contributed by atoms with Gasteiger partial charge in [0.1, 0.15) is 11.3 Å². The predicted octanol–water partition coefficient (Wildman–Crippen LogP) is 2.53. The van der Waals surface area contributed by atoms with Crippen LogP contribution in [-0.2, 0) is 6.54 Å². The second kappa shape index (κ2) is 6.41. The normalized spacial score (nSPS) is 17.4. The van der Waals surface area contributed by atoms with Crippen LogP contribution >= 0.6 is 0 Å². The van der Waals surface area contributed by atoms with Crippen molar-refractivity contribution in [1.82, 2.24) is 9.88 Å². The topological polar surface area (TPSA) is 56.6 Å². The largest absolute Gasteiger partial charge is 0.506 e. The molecule has 21 heavy (non-hydrogen) atoms. The van der Waals surface area contributed by atoms with E-state index in [4.69, 9.17) is 5.11 Å². The number of fused-ring (bicyclic) bond motifs is 1. The second-order valence-electron chi connectivity index (χ2n) is 5.88. The van der Waals surface area contributed by atoms with Crippen molar-refractivity contribution in [2.24, 2.45) is 5.92 Å². The number of rotatable bonds is 4. The zero-order valence-electron chi connectivity index (χ0n) is 12.2. The highest BCUT2D eigenvalue weighted by atomic mass is 16.3. The summed E-state index contributed by atoms with van der Waals surface area (Å²) in [5.74, 6) is 0.917. The monoisotopic (exact) mass is 286 g/mol. The van der Waals surface area contributed by atoms with Crippen molar-refractivity contribution in [3.63, 3.8) is 0 Å². The second-order valence-corrected chi connectivity index (χ2v) is 5.88. The third-order valence-electron chi connectivity index (χ3n) is 4.48. The number of aromatic nitrogens is 1. The minimum Gasteiger partial charge on any atom is -0.506 e. The standard InChI is InChI=1S/C17H22N2O2/c20-11-7-13-5-9-19(10-6-13)12-14-3-4-16(21)17-15(14)2-1-8-18-17/h1-4,8,13,20-21H,5-7,9-12H2. The van der Waals surface area contributed by atoms with Crippen molar-refractivity contribution < 1.29 is 10.2 Å². The molecule has 2 heterocycles. The number of hydrogen-bond acceptors (Lipinski definition) is 4. The highest BCUT2D eigenvalue weighted by molar-refractivity contribution is 5.87. The average Bonchev–Trinajstić information content (AvgIpc) is 2.52. The molecule has 4 nitrogen and oxygen atoms in total. The van der Waals surface area contributed by atoms with Gasteiger partial charge in [-0.15, -0.1) is 0 Å². The van der Waals surface area contributed by atoms with Gasteiger partial charge in [0.05, 0.1) is 0 Å². The molecule has 0 atom stereocenters. The Bertz CT molecular complexity index is 607. The summed E-state index contributed by atoms with van der Waals surface area (Å²) in [6.45, 7) is 3.36. The Morgan fingerprint density at radius 2 is 2.00 bits per heavy atom. The Morgan fingerprint density at radius 3 is 2.76 bits per heavy atom. The third-order valence-corrected chi connectivity index (χ3v) is 4.48. The first-order valence-electron chi connectivity index (χ1n) is 7.66. The minimum absolute atomic E-state index is 0.246. The molecule has 0 spiro atoms. The van der Waals surface area contributed by atoms with Gasteiger partial charge in [0.15, 0.2) is 0 Å². The molecule has 0 unspecified atom stereocenters. The van der Waals surface area contributed by atoms with Crippen molar-refractivity contribution in [3.05, 3.63) is 36.0 Å². The Labute approximate surface area is 125 Å². The molecular weight excluding hydrogens is 264 g/mol. The maximum atomic E-state index is 9.90. The van der Waals surface area contributed by atoms with E-state index in [0.29, 0.717) is 18.0 Å². The van der Waals surface area contributed by atoms with Gasteiger partial charge in [-0.3, -0.25) is 9.88 Å². The number of hydrogen-bond donors (Lipinski definition) is 2. The molecule has 1 saturated heterocycles. The maximum absolute atomic E-state index is 9.90. The molecule has 2 N–H and O–H groups in total. The van der Waals surface area contributed by atoms with Gasteiger partial charge in [-0.1, -0.05) is 12.1 Å². The van der Waals surface area contributed by atoms with E-state index in [2.05, 4.69) is 9.88 Å². The van der Waals surface area contributed by atoms with Gasteiger partial charge in [-0.25, -0.2) is 0 Å². The molecule has 0 bridgehead atoms. The fourth-order valence-electron chi connectivity index (χ4n) is 3.21. The summed E-state index contributed by atoms with van der Waals surface area (Å²) in [5.41, 5.74) is 1.90. The van der Waals surface area contributed by atoms with Crippen LogP contribution < -0.4 is 0 Å². The van der Waals surface area contributed by atoms with Gasteiger partial charge in [0, 0.05) is 24.7 Å². The highest BCUT2D eigenvalue weighted by Crippen LogP contribution is 2.28. The number of aliphatic hydroxyl groups excluding tert-OH is 1. The highest BCUT2D eigenvalue weighted by Gasteiger charge is 2.19. The summed E-state index contributed by atoms with van der Waals surface area (Å²) in [5, 5.41) is 20.0. The molecule has 0 aliphatic carbocycles. The van der Waals surface area contributed by atoms with E-state index in [9.17, 15) is 5.11 Å². The number of phenols is 1. The summed E-state index contributed by atoms with van der Waals surface area (Å²) < 4.78 is 0. The lowest BCUT2D eigenvalue weighted by Gasteiger charge is -2.32. The molecule has 4 heteroatoms. The fourth-order valence-corrected chi connectivity index (χ4v) is 3.21. The zero-order chi connectivity index (χ0) is 14.7. The minimum atomic E-state index is 0.246. The van der Waals surface area contributed by atoms with Crippen molar-refractivity contribution >= 4 is 10.9 Å². The van der Waals surface area contributed by atoms with Crippen LogP contribution in [0.25, 0.3) is 10.9 Å². The first kappa shape index (κ1) is 14.3. The number of likely N-dealkylation sites (tertiary alicyclic amines) is 1. The maximum Gasteiger partial charge on any atom is 0.141 e. The van der Waals surface area contributed by atoms with Gasteiger partial charge in [0.25, 0.3) is 0 Å². The molecular formula is C17H22N2O2. The number of phenolic OH excluding ortho intramolecular Hbond substituents is 1. The van der Waals surface area contributed by atoms with E-state index < -0.39 is 0 Å². The van der Waals surface area contributed by atoms with E-state index in [1.807, 2.05) is 18.2 Å². The first-order chi connectivity index (χ1) is 10.3. The number of benzene rings is 1. The van der Waals surface area contributed by atoms with E-state index in [1.54, 1.807) is 12.3 Å². The van der Waals surface area contributed by atoms with Gasteiger partial charge < -0.3 is 10.2 Å². The molecule has 2 aromatic rings. The molecule has 1 aliphatic rings. The van der Waals surface area contributed by atoms with E-state index in [-0.39, 0.29) is 5.75 Å². The lowest BCUT2D eigenvalue weighted by molar-refractivity contribution is 0.153. The smallest absolute Gasteiger partial charge is 0.141 e. The predicted molar refractivity (Wildman–Crippen MR) is 83.1 cm³/mol. The van der Waals surface area contributed by atoms with Gasteiger partial charge >= 0.3 is 0 Å². The molecule has 1 aromatic carbocycles. The van der Waals surface area contributed by atoms with Crippen LogP contribution in [0, 0.1) is 5.92 Å². The molecule has 0 radical (unpaired) electrons. The first-order valence-corrected chi connectivity index (χ1v) is 7.66. The fraction of sp³-hybridized carbons (Fsp3) is 0.471. The third kappa shape index (κ3) is 3.17. The molecule has 3 rings (SSSR count). The lowest BCUT2D eigenvalue weighted by atomic mass is 9.93. The lowest BCUT2D eigenvalue weighted by Crippen LogP contribution is -2.33. The van der Waals surface area contributed by atoms with Crippen LogP contribution in [0.5, 0.6) is 5.75 Å². The summed E-state index contributed by atoms with van der Waals surface area (Å²) in [6.07, 6.45) is 4.97. The average molecular weight is 286 g/mol. The van der Waals surface area contributed by atoms with Crippen LogP contribution in [0.15, 0.2) is 30.5 Å². The van der Waals surface area contributed by atoms with Crippen LogP contribution in [0.4, 0.5) is 0 Å².